The minimum absolute atomic E-state index is 0.314. The number of hydrogen-bond donors (Lipinski definition) is 1. The van der Waals surface area contributed by atoms with E-state index in [2.05, 4.69) is 11.4 Å². The number of aromatic nitrogens is 1. The fraction of sp³-hybridized carbons (Fsp3) is 0.214. The Labute approximate surface area is 115 Å². The Morgan fingerprint density at radius 3 is 3.05 bits per heavy atom. The van der Waals surface area contributed by atoms with E-state index in [1.165, 1.54) is 12.1 Å². The Kier molecular flexibility index (Phi) is 3.02. The minimum Gasteiger partial charge on any atom is -0.346 e. The Bertz CT molecular complexity index is 672. The SMILES string of the molecule is N#Cc1c(-c2cccc(F)c2)cn2c1C(Cl)NCC2. The van der Waals surface area contributed by atoms with Crippen LogP contribution in [0, 0.1) is 17.1 Å². The second-order valence-electron chi connectivity index (χ2n) is 4.44. The average Bonchev–Trinajstić information content (AvgIpc) is 2.78. The summed E-state index contributed by atoms with van der Waals surface area (Å²) in [6.07, 6.45) is 1.87. The highest BCUT2D eigenvalue weighted by Gasteiger charge is 2.25. The van der Waals surface area contributed by atoms with Crippen LogP contribution >= 0.6 is 11.6 Å². The molecule has 0 spiro atoms. The zero-order valence-electron chi connectivity index (χ0n) is 10.0. The fourth-order valence-corrected chi connectivity index (χ4v) is 2.77. The van der Waals surface area contributed by atoms with Crippen LogP contribution in [0.3, 0.4) is 0 Å². The molecule has 0 aliphatic carbocycles. The Morgan fingerprint density at radius 1 is 1.47 bits per heavy atom. The second kappa shape index (κ2) is 4.69. The second-order valence-corrected chi connectivity index (χ2v) is 4.87. The third-order valence-electron chi connectivity index (χ3n) is 3.28. The van der Waals surface area contributed by atoms with Crippen molar-refractivity contribution >= 4 is 11.6 Å². The lowest BCUT2D eigenvalue weighted by molar-refractivity contribution is 0.502. The molecule has 19 heavy (non-hydrogen) atoms. The first kappa shape index (κ1) is 12.2. The molecule has 0 saturated heterocycles. The molecule has 5 heteroatoms. The van der Waals surface area contributed by atoms with Gasteiger partial charge in [0.05, 0.1) is 11.3 Å². The zero-order chi connectivity index (χ0) is 13.4. The average molecular weight is 276 g/mol. The van der Waals surface area contributed by atoms with Crippen LogP contribution < -0.4 is 5.32 Å². The van der Waals surface area contributed by atoms with Gasteiger partial charge < -0.3 is 4.57 Å². The van der Waals surface area contributed by atoms with Crippen molar-refractivity contribution in [2.75, 3.05) is 6.54 Å². The van der Waals surface area contributed by atoms with Crippen molar-refractivity contribution in [2.45, 2.75) is 12.0 Å². The molecule has 0 saturated carbocycles. The van der Waals surface area contributed by atoms with Gasteiger partial charge in [0.1, 0.15) is 17.4 Å². The van der Waals surface area contributed by atoms with Gasteiger partial charge in [0.25, 0.3) is 0 Å². The number of nitrogens with one attached hydrogen (secondary N) is 1. The minimum atomic E-state index is -0.384. The summed E-state index contributed by atoms with van der Waals surface area (Å²) in [4.78, 5) is 0. The number of hydrogen-bond acceptors (Lipinski definition) is 2. The van der Waals surface area contributed by atoms with E-state index in [0.717, 1.165) is 24.3 Å². The summed E-state index contributed by atoms with van der Waals surface area (Å²) >= 11 is 6.21. The molecule has 1 atom stereocenters. The maximum Gasteiger partial charge on any atom is 0.125 e. The molecule has 1 aliphatic heterocycles. The molecule has 3 rings (SSSR count). The van der Waals surface area contributed by atoms with Gasteiger partial charge in [-0.05, 0) is 17.7 Å². The molecule has 0 radical (unpaired) electrons. The predicted octanol–water partition coefficient (Wildman–Crippen LogP) is 3.01. The lowest BCUT2D eigenvalue weighted by Gasteiger charge is -2.21. The Hall–Kier alpha value is -1.83. The van der Waals surface area contributed by atoms with E-state index < -0.39 is 0 Å². The molecule has 0 amide bonds. The molecule has 3 nitrogen and oxygen atoms in total. The summed E-state index contributed by atoms with van der Waals surface area (Å²) in [5.74, 6) is -0.314. The molecular weight excluding hydrogens is 265 g/mol. The molecule has 2 aromatic rings. The van der Waals surface area contributed by atoms with E-state index in [-0.39, 0.29) is 11.3 Å². The molecular formula is C14H11ClFN3. The summed E-state index contributed by atoms with van der Waals surface area (Å²) in [5, 5.41) is 12.5. The van der Waals surface area contributed by atoms with Gasteiger partial charge in [-0.1, -0.05) is 23.7 Å². The summed E-state index contributed by atoms with van der Waals surface area (Å²) < 4.78 is 15.3. The largest absolute Gasteiger partial charge is 0.346 e. The molecule has 0 bridgehead atoms. The smallest absolute Gasteiger partial charge is 0.125 e. The number of nitrogens with zero attached hydrogens (tertiary/aromatic N) is 2. The third kappa shape index (κ3) is 2.01. The van der Waals surface area contributed by atoms with Crippen molar-refractivity contribution in [1.82, 2.24) is 9.88 Å². The van der Waals surface area contributed by atoms with Crippen molar-refractivity contribution in [2.24, 2.45) is 0 Å². The first-order valence-electron chi connectivity index (χ1n) is 5.97. The third-order valence-corrected chi connectivity index (χ3v) is 3.64. The monoisotopic (exact) mass is 275 g/mol. The number of nitriles is 1. The van der Waals surface area contributed by atoms with Crippen LogP contribution in [0.4, 0.5) is 4.39 Å². The molecule has 1 aromatic heterocycles. The van der Waals surface area contributed by atoms with Gasteiger partial charge >= 0.3 is 0 Å². The number of halogens is 2. The Morgan fingerprint density at radius 2 is 2.32 bits per heavy atom. The highest BCUT2D eigenvalue weighted by atomic mass is 35.5. The number of rotatable bonds is 1. The van der Waals surface area contributed by atoms with Crippen LogP contribution in [0.2, 0.25) is 0 Å². The van der Waals surface area contributed by atoms with Crippen molar-refractivity contribution in [1.29, 1.82) is 5.26 Å². The van der Waals surface area contributed by atoms with Crippen LogP contribution in [0.25, 0.3) is 11.1 Å². The highest BCUT2D eigenvalue weighted by Crippen LogP contribution is 2.34. The quantitative estimate of drug-likeness (QED) is 0.642. The van der Waals surface area contributed by atoms with Gasteiger partial charge in [0.15, 0.2) is 0 Å². The van der Waals surface area contributed by atoms with E-state index in [0.29, 0.717) is 11.1 Å². The van der Waals surface area contributed by atoms with Crippen LogP contribution in [-0.4, -0.2) is 11.1 Å². The molecule has 1 aliphatic rings. The summed E-state index contributed by atoms with van der Waals surface area (Å²) in [7, 11) is 0. The van der Waals surface area contributed by atoms with Crippen molar-refractivity contribution < 1.29 is 4.39 Å². The molecule has 1 aromatic carbocycles. The highest BCUT2D eigenvalue weighted by molar-refractivity contribution is 6.20. The van der Waals surface area contributed by atoms with Gasteiger partial charge in [0.2, 0.25) is 0 Å². The lowest BCUT2D eigenvalue weighted by Crippen LogP contribution is -2.30. The van der Waals surface area contributed by atoms with E-state index >= 15 is 0 Å². The van der Waals surface area contributed by atoms with Crippen molar-refractivity contribution in [3.05, 3.63) is 47.5 Å². The number of fused-ring (bicyclic) bond motifs is 1. The molecule has 96 valence electrons. The maximum atomic E-state index is 13.3. The van der Waals surface area contributed by atoms with Crippen molar-refractivity contribution in [3.8, 4) is 17.2 Å². The fourth-order valence-electron chi connectivity index (χ4n) is 2.43. The van der Waals surface area contributed by atoms with E-state index in [4.69, 9.17) is 11.6 Å². The normalized spacial score (nSPS) is 17.8. The summed E-state index contributed by atoms with van der Waals surface area (Å²) in [5.41, 5.74) is 2.31. The maximum absolute atomic E-state index is 13.3. The molecule has 1 unspecified atom stereocenters. The number of benzene rings is 1. The van der Waals surface area contributed by atoms with Crippen LogP contribution in [0.1, 0.15) is 16.8 Å². The zero-order valence-corrected chi connectivity index (χ0v) is 10.8. The first-order chi connectivity index (χ1) is 9.20. The van der Waals surface area contributed by atoms with Gasteiger partial charge in [-0.3, -0.25) is 5.32 Å². The predicted molar refractivity (Wildman–Crippen MR) is 71.1 cm³/mol. The Balaban J connectivity index is 2.20. The van der Waals surface area contributed by atoms with Gasteiger partial charge in [0, 0.05) is 24.8 Å². The standard InChI is InChI=1S/C14H11ClFN3/c15-14-13-11(7-17)12(8-19(13)5-4-18-14)9-2-1-3-10(16)6-9/h1-3,6,8,14,18H,4-5H2. The molecule has 1 N–H and O–H groups in total. The number of alkyl halides is 1. The van der Waals surface area contributed by atoms with Gasteiger partial charge in [-0.15, -0.1) is 0 Å². The van der Waals surface area contributed by atoms with Gasteiger partial charge in [-0.25, -0.2) is 4.39 Å². The molecule has 2 heterocycles. The first-order valence-corrected chi connectivity index (χ1v) is 6.41. The van der Waals surface area contributed by atoms with Crippen LogP contribution in [0.15, 0.2) is 30.5 Å². The topological polar surface area (TPSA) is 40.8 Å². The lowest BCUT2D eigenvalue weighted by atomic mass is 10.0. The summed E-state index contributed by atoms with van der Waals surface area (Å²) in [6, 6.07) is 8.43. The van der Waals surface area contributed by atoms with Crippen LogP contribution in [0.5, 0.6) is 0 Å². The van der Waals surface area contributed by atoms with Gasteiger partial charge in [-0.2, -0.15) is 5.26 Å². The van der Waals surface area contributed by atoms with E-state index in [9.17, 15) is 9.65 Å². The van der Waals surface area contributed by atoms with E-state index in [1.54, 1.807) is 12.1 Å². The summed E-state index contributed by atoms with van der Waals surface area (Å²) in [6.45, 7) is 1.51. The van der Waals surface area contributed by atoms with Crippen molar-refractivity contribution in [3.63, 3.8) is 0 Å². The molecule has 0 fully saturated rings. The van der Waals surface area contributed by atoms with E-state index in [1.807, 2.05) is 10.8 Å². The van der Waals surface area contributed by atoms with Crippen LogP contribution in [-0.2, 0) is 6.54 Å².